The van der Waals surface area contributed by atoms with Gasteiger partial charge < -0.3 is 24.5 Å². The molecule has 2 atom stereocenters. The lowest BCUT2D eigenvalue weighted by atomic mass is 9.81. The van der Waals surface area contributed by atoms with Crippen molar-refractivity contribution < 1.29 is 28.6 Å². The number of esters is 1. The number of fused-ring (bicyclic) bond motifs is 5. The molecule has 0 spiro atoms. The molecule has 0 saturated heterocycles. The zero-order valence-corrected chi connectivity index (χ0v) is 23.6. The molecule has 6 rings (SSSR count). The van der Waals surface area contributed by atoms with Crippen molar-refractivity contribution in [3.63, 3.8) is 0 Å². The van der Waals surface area contributed by atoms with Crippen molar-refractivity contribution in [1.29, 1.82) is 0 Å². The fourth-order valence-electron chi connectivity index (χ4n) is 6.51. The van der Waals surface area contributed by atoms with E-state index in [0.717, 1.165) is 22.1 Å². The number of aromatic nitrogens is 2. The second kappa shape index (κ2) is 10.0. The zero-order valence-electron chi connectivity index (χ0n) is 23.6. The number of aryl methyl sites for hydroxylation is 1. The molecule has 216 valence electrons. The van der Waals surface area contributed by atoms with E-state index in [1.165, 1.54) is 6.07 Å². The Balaban J connectivity index is 1.51. The first kappa shape index (κ1) is 27.5. The third-order valence-electron chi connectivity index (χ3n) is 8.80. The second-order valence-electron chi connectivity index (χ2n) is 11.2. The number of methoxy groups -OCH3 is 1. The average molecular weight is 565 g/mol. The fraction of sp³-hybridized carbons (Fsp3) is 0.467. The SMILES string of the molecule is CC[C@@]1(O)C(=O)OCc2c1cc1n(c2=O)Cc2c-1nc1cc(F)c(C)c3c1c2[C@@H](NC(=O)CN(C)CCOC)CC3. The van der Waals surface area contributed by atoms with E-state index >= 15 is 4.39 Å². The molecule has 41 heavy (non-hydrogen) atoms. The lowest BCUT2D eigenvalue weighted by Crippen LogP contribution is -2.44. The molecular formula is C30H33FN4O6. The van der Waals surface area contributed by atoms with Gasteiger partial charge in [0.15, 0.2) is 5.60 Å². The van der Waals surface area contributed by atoms with Gasteiger partial charge in [-0.05, 0) is 56.0 Å². The first-order chi connectivity index (χ1) is 19.6. The summed E-state index contributed by atoms with van der Waals surface area (Å²) in [5.41, 5.74) is 2.52. The van der Waals surface area contributed by atoms with Crippen LogP contribution in [0.3, 0.4) is 0 Å². The van der Waals surface area contributed by atoms with Crippen molar-refractivity contribution in [2.45, 2.75) is 57.9 Å². The summed E-state index contributed by atoms with van der Waals surface area (Å²) in [7, 11) is 3.46. The number of pyridine rings is 2. The van der Waals surface area contributed by atoms with Gasteiger partial charge in [0.05, 0.1) is 48.2 Å². The lowest BCUT2D eigenvalue weighted by Gasteiger charge is -2.31. The maximum atomic E-state index is 15.1. The maximum absolute atomic E-state index is 15.1. The second-order valence-corrected chi connectivity index (χ2v) is 11.2. The van der Waals surface area contributed by atoms with Gasteiger partial charge in [-0.3, -0.25) is 14.5 Å². The van der Waals surface area contributed by atoms with Crippen LogP contribution in [0, 0.1) is 12.7 Å². The zero-order chi connectivity index (χ0) is 29.2. The Bertz CT molecular complexity index is 1680. The molecular weight excluding hydrogens is 531 g/mol. The van der Waals surface area contributed by atoms with Gasteiger partial charge in [0, 0.05) is 36.2 Å². The van der Waals surface area contributed by atoms with E-state index in [1.54, 1.807) is 31.6 Å². The number of nitrogens with zero attached hydrogens (tertiary/aromatic N) is 3. The number of ether oxygens (including phenoxy) is 2. The molecule has 1 amide bonds. The minimum absolute atomic E-state index is 0.0335. The van der Waals surface area contributed by atoms with Gasteiger partial charge in [0.2, 0.25) is 5.91 Å². The van der Waals surface area contributed by atoms with Crippen LogP contribution in [0.2, 0.25) is 0 Å². The van der Waals surface area contributed by atoms with Gasteiger partial charge in [-0.25, -0.2) is 14.2 Å². The summed E-state index contributed by atoms with van der Waals surface area (Å²) in [6, 6.07) is 2.68. The van der Waals surface area contributed by atoms with Crippen LogP contribution in [0.25, 0.3) is 22.3 Å². The van der Waals surface area contributed by atoms with Crippen LogP contribution in [-0.4, -0.2) is 65.3 Å². The van der Waals surface area contributed by atoms with Gasteiger partial charge >= 0.3 is 5.97 Å². The number of benzene rings is 1. The van der Waals surface area contributed by atoms with Gasteiger partial charge in [0.1, 0.15) is 12.4 Å². The summed E-state index contributed by atoms with van der Waals surface area (Å²) in [4.78, 5) is 46.1. The molecule has 0 unspecified atom stereocenters. The van der Waals surface area contributed by atoms with E-state index in [4.69, 9.17) is 14.5 Å². The normalized spacial score (nSPS) is 20.6. The number of hydrogen-bond acceptors (Lipinski definition) is 8. The number of carbonyl (C=O) groups is 2. The number of likely N-dealkylation sites (N-methyl/N-ethyl adjacent to an activating group) is 1. The highest BCUT2D eigenvalue weighted by molar-refractivity contribution is 5.94. The Labute approximate surface area is 236 Å². The first-order valence-electron chi connectivity index (χ1n) is 13.9. The van der Waals surface area contributed by atoms with E-state index in [9.17, 15) is 19.5 Å². The first-order valence-corrected chi connectivity index (χ1v) is 13.9. The smallest absolute Gasteiger partial charge is 0.343 e. The molecule has 11 heteroatoms. The van der Waals surface area contributed by atoms with Crippen molar-refractivity contribution in [3.8, 4) is 11.4 Å². The van der Waals surface area contributed by atoms with Crippen LogP contribution in [0.5, 0.6) is 0 Å². The summed E-state index contributed by atoms with van der Waals surface area (Å²) >= 11 is 0. The molecule has 2 N–H and O–H groups in total. The predicted octanol–water partition coefficient (Wildman–Crippen LogP) is 2.21. The maximum Gasteiger partial charge on any atom is 0.343 e. The Morgan fingerprint density at radius 3 is 2.83 bits per heavy atom. The standard InChI is InChI=1S/C30H33FN4O6/c1-5-30(39)19-10-23-27-17(12-35(23)28(37)18(19)14-41-29(30)38)26-21(32-24(36)13-34(3)8-9-40-4)7-6-16-15(2)20(31)11-22(33-27)25(16)26/h10-11,21,39H,5-9,12-14H2,1-4H3,(H,32,36)/t21-,30-/m0/s1. The third-order valence-corrected chi connectivity index (χ3v) is 8.80. The van der Waals surface area contributed by atoms with Crippen LogP contribution in [0.15, 0.2) is 16.9 Å². The summed E-state index contributed by atoms with van der Waals surface area (Å²) in [5, 5.41) is 15.2. The van der Waals surface area contributed by atoms with Gasteiger partial charge in [-0.1, -0.05) is 6.92 Å². The van der Waals surface area contributed by atoms with E-state index in [-0.39, 0.29) is 60.6 Å². The van der Waals surface area contributed by atoms with Crippen LogP contribution < -0.4 is 10.9 Å². The minimum atomic E-state index is -1.95. The largest absolute Gasteiger partial charge is 0.458 e. The van der Waals surface area contributed by atoms with Crippen LogP contribution >= 0.6 is 0 Å². The summed E-state index contributed by atoms with van der Waals surface area (Å²) in [6.07, 6.45) is 1.17. The topological polar surface area (TPSA) is 123 Å². The highest BCUT2D eigenvalue weighted by Crippen LogP contribution is 2.45. The number of nitrogens with one attached hydrogen (secondary N) is 1. The Hall–Kier alpha value is -3.67. The molecule has 3 aromatic rings. The number of hydrogen-bond donors (Lipinski definition) is 2. The Morgan fingerprint density at radius 2 is 2.10 bits per heavy atom. The summed E-state index contributed by atoms with van der Waals surface area (Å²) < 4.78 is 26.9. The Morgan fingerprint density at radius 1 is 1.32 bits per heavy atom. The van der Waals surface area contributed by atoms with E-state index in [1.807, 2.05) is 11.9 Å². The van der Waals surface area contributed by atoms with Crippen molar-refractivity contribution >= 4 is 22.8 Å². The van der Waals surface area contributed by atoms with Crippen molar-refractivity contribution in [2.24, 2.45) is 0 Å². The van der Waals surface area contributed by atoms with Gasteiger partial charge in [-0.2, -0.15) is 0 Å². The van der Waals surface area contributed by atoms with E-state index in [0.29, 0.717) is 48.5 Å². The summed E-state index contributed by atoms with van der Waals surface area (Å²) in [5.74, 6) is -1.31. The highest BCUT2D eigenvalue weighted by Gasteiger charge is 2.46. The molecule has 4 heterocycles. The van der Waals surface area contributed by atoms with Crippen LogP contribution in [0.4, 0.5) is 4.39 Å². The Kier molecular flexibility index (Phi) is 6.71. The number of rotatable bonds is 7. The van der Waals surface area contributed by atoms with E-state index in [2.05, 4.69) is 5.32 Å². The predicted molar refractivity (Wildman–Crippen MR) is 148 cm³/mol. The van der Waals surface area contributed by atoms with Crippen molar-refractivity contribution in [3.05, 3.63) is 61.7 Å². The molecule has 2 aliphatic heterocycles. The number of cyclic esters (lactones) is 1. The van der Waals surface area contributed by atoms with Crippen LogP contribution in [0.1, 0.15) is 59.2 Å². The molecule has 3 aliphatic rings. The molecule has 2 aromatic heterocycles. The van der Waals surface area contributed by atoms with Crippen molar-refractivity contribution in [1.82, 2.24) is 19.8 Å². The van der Waals surface area contributed by atoms with Gasteiger partial charge in [-0.15, -0.1) is 0 Å². The molecule has 1 aromatic carbocycles. The summed E-state index contributed by atoms with van der Waals surface area (Å²) in [6.45, 7) is 4.66. The third kappa shape index (κ3) is 4.17. The lowest BCUT2D eigenvalue weighted by molar-refractivity contribution is -0.172. The monoisotopic (exact) mass is 564 g/mol. The minimum Gasteiger partial charge on any atom is -0.458 e. The number of aliphatic hydroxyl groups is 1. The number of amides is 1. The fourth-order valence-corrected chi connectivity index (χ4v) is 6.51. The quantitative estimate of drug-likeness (QED) is 0.328. The van der Waals surface area contributed by atoms with Crippen molar-refractivity contribution in [2.75, 3.05) is 33.9 Å². The average Bonchev–Trinajstić information content (AvgIpc) is 3.32. The van der Waals surface area contributed by atoms with Gasteiger partial charge in [0.25, 0.3) is 5.56 Å². The molecule has 0 saturated carbocycles. The molecule has 0 bridgehead atoms. The molecule has 0 radical (unpaired) electrons. The number of halogens is 1. The molecule has 0 fully saturated rings. The number of carbonyl (C=O) groups excluding carboxylic acids is 2. The molecule has 10 nitrogen and oxygen atoms in total. The van der Waals surface area contributed by atoms with Crippen LogP contribution in [-0.2, 0) is 44.2 Å². The highest BCUT2D eigenvalue weighted by atomic mass is 19.1. The molecule has 1 aliphatic carbocycles. The van der Waals surface area contributed by atoms with E-state index < -0.39 is 11.6 Å².